The minimum absolute atomic E-state index is 0.198. The van der Waals surface area contributed by atoms with Gasteiger partial charge >= 0.3 is 0 Å². The molecule has 1 saturated heterocycles. The maximum absolute atomic E-state index is 12.3. The minimum atomic E-state index is -3.39. The molecular weight excluding hydrogens is 252 g/mol. The predicted octanol–water partition coefficient (Wildman–Crippen LogP) is 0.433. The molecule has 1 aromatic rings. The van der Waals surface area contributed by atoms with Gasteiger partial charge in [-0.25, -0.2) is 13.4 Å². The molecule has 1 aliphatic heterocycles. The van der Waals surface area contributed by atoms with Gasteiger partial charge in [-0.1, -0.05) is 0 Å². The van der Waals surface area contributed by atoms with E-state index < -0.39 is 10.0 Å². The van der Waals surface area contributed by atoms with Crippen molar-refractivity contribution in [1.29, 1.82) is 0 Å². The van der Waals surface area contributed by atoms with Crippen LogP contribution in [0.15, 0.2) is 11.2 Å². The van der Waals surface area contributed by atoms with Gasteiger partial charge in [0.15, 0.2) is 5.03 Å². The number of aromatic amines is 1. The van der Waals surface area contributed by atoms with Gasteiger partial charge in [-0.2, -0.15) is 4.31 Å². The third kappa shape index (κ3) is 2.57. The summed E-state index contributed by atoms with van der Waals surface area (Å²) in [6.45, 7) is 2.89. The summed E-state index contributed by atoms with van der Waals surface area (Å²) in [4.78, 5) is 8.90. The highest BCUT2D eigenvalue weighted by molar-refractivity contribution is 7.89. The van der Waals surface area contributed by atoms with Gasteiger partial charge in [0.05, 0.1) is 6.20 Å². The van der Waals surface area contributed by atoms with E-state index in [1.165, 1.54) is 6.20 Å². The number of hydrogen-bond acceptors (Lipinski definition) is 4. The van der Waals surface area contributed by atoms with E-state index in [0.717, 1.165) is 12.8 Å². The van der Waals surface area contributed by atoms with Gasteiger partial charge in [-0.05, 0) is 33.9 Å². The SMILES string of the molecule is Cc1ncc(S(=O)(=O)N2CCC(N(C)C)CC2)[nH]1. The molecule has 6 nitrogen and oxygen atoms in total. The van der Waals surface area contributed by atoms with Crippen LogP contribution in [0.3, 0.4) is 0 Å². The molecule has 0 amide bonds. The normalized spacial score (nSPS) is 19.6. The van der Waals surface area contributed by atoms with E-state index in [0.29, 0.717) is 25.0 Å². The number of sulfonamides is 1. The smallest absolute Gasteiger partial charge is 0.260 e. The second kappa shape index (κ2) is 4.99. The number of nitrogens with zero attached hydrogens (tertiary/aromatic N) is 3. The van der Waals surface area contributed by atoms with Crippen LogP contribution in [0.1, 0.15) is 18.7 Å². The van der Waals surface area contributed by atoms with Crippen molar-refractivity contribution >= 4 is 10.0 Å². The number of aromatic nitrogens is 2. The largest absolute Gasteiger partial charge is 0.332 e. The monoisotopic (exact) mass is 272 g/mol. The maximum atomic E-state index is 12.3. The Morgan fingerprint density at radius 2 is 2.00 bits per heavy atom. The quantitative estimate of drug-likeness (QED) is 0.866. The van der Waals surface area contributed by atoms with Gasteiger partial charge in [0.25, 0.3) is 10.0 Å². The first-order valence-electron chi connectivity index (χ1n) is 6.09. The molecule has 0 bridgehead atoms. The summed E-state index contributed by atoms with van der Waals surface area (Å²) in [6, 6.07) is 0.472. The number of rotatable bonds is 3. The number of H-pyrrole nitrogens is 1. The van der Waals surface area contributed by atoms with Gasteiger partial charge in [0.1, 0.15) is 5.82 Å². The molecule has 1 aliphatic rings. The molecule has 0 saturated carbocycles. The zero-order valence-corrected chi connectivity index (χ0v) is 11.9. The topological polar surface area (TPSA) is 69.3 Å². The third-order valence-corrected chi connectivity index (χ3v) is 5.26. The van der Waals surface area contributed by atoms with Crippen LogP contribution in [0.2, 0.25) is 0 Å². The average Bonchev–Trinajstić information content (AvgIpc) is 2.76. The second-order valence-electron chi connectivity index (χ2n) is 4.93. The van der Waals surface area contributed by atoms with Crippen molar-refractivity contribution in [3.63, 3.8) is 0 Å². The van der Waals surface area contributed by atoms with E-state index in [1.807, 2.05) is 14.1 Å². The summed E-state index contributed by atoms with van der Waals surface area (Å²) in [5.41, 5.74) is 0. The standard InChI is InChI=1S/C11H20N4O2S/c1-9-12-8-11(13-9)18(16,17)15-6-4-10(5-7-15)14(2)3/h8,10H,4-7H2,1-3H3,(H,12,13). The van der Waals surface area contributed by atoms with E-state index in [9.17, 15) is 8.42 Å². The minimum Gasteiger partial charge on any atom is -0.332 e. The number of piperidine rings is 1. The second-order valence-corrected chi connectivity index (χ2v) is 6.84. The lowest BCUT2D eigenvalue weighted by atomic mass is 10.1. The molecule has 18 heavy (non-hydrogen) atoms. The van der Waals surface area contributed by atoms with Crippen molar-refractivity contribution in [2.45, 2.75) is 30.8 Å². The van der Waals surface area contributed by atoms with Gasteiger partial charge in [0.2, 0.25) is 0 Å². The molecule has 0 unspecified atom stereocenters. The van der Waals surface area contributed by atoms with E-state index in [4.69, 9.17) is 0 Å². The summed E-state index contributed by atoms with van der Waals surface area (Å²) < 4.78 is 26.2. The molecule has 2 heterocycles. The van der Waals surface area contributed by atoms with Gasteiger partial charge in [-0.15, -0.1) is 0 Å². The Morgan fingerprint density at radius 1 is 1.39 bits per heavy atom. The van der Waals surface area contributed by atoms with Crippen molar-refractivity contribution < 1.29 is 8.42 Å². The molecule has 0 atom stereocenters. The van der Waals surface area contributed by atoms with Crippen molar-refractivity contribution in [3.05, 3.63) is 12.0 Å². The lowest BCUT2D eigenvalue weighted by Gasteiger charge is -2.34. The highest BCUT2D eigenvalue weighted by Gasteiger charge is 2.30. The predicted molar refractivity (Wildman–Crippen MR) is 68.8 cm³/mol. The van der Waals surface area contributed by atoms with Gasteiger partial charge in [-0.3, -0.25) is 0 Å². The Hall–Kier alpha value is -0.920. The lowest BCUT2D eigenvalue weighted by molar-refractivity contribution is 0.196. The molecule has 1 fully saturated rings. The fraction of sp³-hybridized carbons (Fsp3) is 0.727. The first kappa shape index (κ1) is 13.5. The maximum Gasteiger partial charge on any atom is 0.260 e. The molecular formula is C11H20N4O2S. The first-order chi connectivity index (χ1) is 8.41. The molecule has 0 aromatic carbocycles. The van der Waals surface area contributed by atoms with Gasteiger partial charge < -0.3 is 9.88 Å². The van der Waals surface area contributed by atoms with Crippen LogP contribution in [0.25, 0.3) is 0 Å². The van der Waals surface area contributed by atoms with Crippen LogP contribution in [0.4, 0.5) is 0 Å². The Balaban J connectivity index is 2.09. The van der Waals surface area contributed by atoms with Crippen molar-refractivity contribution in [2.75, 3.05) is 27.2 Å². The van der Waals surface area contributed by atoms with Crippen LogP contribution in [0, 0.1) is 6.92 Å². The fourth-order valence-electron chi connectivity index (χ4n) is 2.27. The molecule has 1 aromatic heterocycles. The number of imidazole rings is 1. The Labute approximate surface area is 108 Å². The summed E-state index contributed by atoms with van der Waals surface area (Å²) in [6.07, 6.45) is 3.14. The fourth-order valence-corrected chi connectivity index (χ4v) is 3.70. The van der Waals surface area contributed by atoms with Crippen LogP contribution >= 0.6 is 0 Å². The summed E-state index contributed by atoms with van der Waals surface area (Å²) in [5, 5.41) is 0.198. The molecule has 7 heteroatoms. The Bertz CT molecular complexity index is 501. The zero-order valence-electron chi connectivity index (χ0n) is 11.0. The van der Waals surface area contributed by atoms with Crippen LogP contribution < -0.4 is 0 Å². The summed E-state index contributed by atoms with van der Waals surface area (Å²) in [5.74, 6) is 0.622. The molecule has 2 rings (SSSR count). The molecule has 0 spiro atoms. The van der Waals surface area contributed by atoms with Crippen LogP contribution in [0.5, 0.6) is 0 Å². The van der Waals surface area contributed by atoms with Crippen molar-refractivity contribution in [1.82, 2.24) is 19.2 Å². The number of nitrogens with one attached hydrogen (secondary N) is 1. The number of aryl methyl sites for hydroxylation is 1. The van der Waals surface area contributed by atoms with Crippen LogP contribution in [-0.2, 0) is 10.0 Å². The zero-order chi connectivity index (χ0) is 13.3. The van der Waals surface area contributed by atoms with E-state index in [2.05, 4.69) is 14.9 Å². The van der Waals surface area contributed by atoms with Crippen molar-refractivity contribution in [2.24, 2.45) is 0 Å². The Morgan fingerprint density at radius 3 is 2.44 bits per heavy atom. The van der Waals surface area contributed by atoms with Crippen LogP contribution in [-0.4, -0.2) is 60.8 Å². The van der Waals surface area contributed by atoms with E-state index in [1.54, 1.807) is 11.2 Å². The lowest BCUT2D eigenvalue weighted by Crippen LogP contribution is -2.44. The van der Waals surface area contributed by atoms with Crippen molar-refractivity contribution in [3.8, 4) is 0 Å². The third-order valence-electron chi connectivity index (χ3n) is 3.45. The Kier molecular flexibility index (Phi) is 3.74. The summed E-state index contributed by atoms with van der Waals surface area (Å²) in [7, 11) is 0.676. The highest BCUT2D eigenvalue weighted by atomic mass is 32.2. The van der Waals surface area contributed by atoms with E-state index >= 15 is 0 Å². The summed E-state index contributed by atoms with van der Waals surface area (Å²) >= 11 is 0. The molecule has 1 N–H and O–H groups in total. The van der Waals surface area contributed by atoms with E-state index in [-0.39, 0.29) is 5.03 Å². The van der Waals surface area contributed by atoms with Gasteiger partial charge in [0, 0.05) is 19.1 Å². The molecule has 0 aliphatic carbocycles. The molecule has 0 radical (unpaired) electrons. The average molecular weight is 272 g/mol. The number of hydrogen-bond donors (Lipinski definition) is 1. The molecule has 102 valence electrons. The first-order valence-corrected chi connectivity index (χ1v) is 7.53. The highest BCUT2D eigenvalue weighted by Crippen LogP contribution is 2.21.